The van der Waals surface area contributed by atoms with Gasteiger partial charge in [0.05, 0.1) is 0 Å². The van der Waals surface area contributed by atoms with Crippen molar-refractivity contribution < 1.29 is 17.6 Å². The third-order valence-electron chi connectivity index (χ3n) is 2.02. The first-order chi connectivity index (χ1) is 6.88. The summed E-state index contributed by atoms with van der Waals surface area (Å²) in [5.74, 6) is -0.491. The molecule has 5 heteroatoms. The van der Waals surface area contributed by atoms with Crippen LogP contribution in [0.1, 0.15) is 24.4 Å². The Morgan fingerprint density at radius 1 is 1.27 bits per heavy atom. The van der Waals surface area contributed by atoms with E-state index in [0.717, 1.165) is 6.07 Å². The van der Waals surface area contributed by atoms with E-state index >= 15 is 0 Å². The minimum atomic E-state index is -4.22. The Balaban J connectivity index is 2.58. The highest BCUT2D eigenvalue weighted by molar-refractivity contribution is 5.19. The van der Waals surface area contributed by atoms with Crippen LogP contribution in [0.15, 0.2) is 24.3 Å². The summed E-state index contributed by atoms with van der Waals surface area (Å²) < 4.78 is 48.4. The molecule has 0 amide bonds. The molecule has 0 aromatic heterocycles. The number of hydrogen-bond acceptors (Lipinski definition) is 1. The molecule has 1 atom stereocenters. The minimum absolute atomic E-state index is 0.229. The van der Waals surface area contributed by atoms with Crippen LogP contribution in [0.25, 0.3) is 0 Å². The second-order valence-corrected chi connectivity index (χ2v) is 3.32. The van der Waals surface area contributed by atoms with Crippen LogP contribution in [0.4, 0.5) is 17.6 Å². The fourth-order valence-electron chi connectivity index (χ4n) is 1.22. The highest BCUT2D eigenvalue weighted by Gasteiger charge is 2.27. The molecule has 1 aromatic carbocycles. The zero-order chi connectivity index (χ0) is 11.5. The first kappa shape index (κ1) is 12.0. The van der Waals surface area contributed by atoms with Gasteiger partial charge >= 0.3 is 6.18 Å². The molecule has 0 heterocycles. The van der Waals surface area contributed by atoms with E-state index in [0.29, 0.717) is 5.56 Å². The molecule has 15 heavy (non-hydrogen) atoms. The largest absolute Gasteiger partial charge is 0.389 e. The Bertz CT molecular complexity index is 321. The van der Waals surface area contributed by atoms with E-state index in [4.69, 9.17) is 5.73 Å². The lowest BCUT2D eigenvalue weighted by Gasteiger charge is -2.13. The molecule has 0 aliphatic carbocycles. The number of halogens is 4. The summed E-state index contributed by atoms with van der Waals surface area (Å²) in [5, 5.41) is 0. The second-order valence-electron chi connectivity index (χ2n) is 3.32. The number of nitrogens with two attached hydrogens (primary N) is 1. The van der Waals surface area contributed by atoms with Gasteiger partial charge in [-0.1, -0.05) is 12.1 Å². The van der Waals surface area contributed by atoms with Gasteiger partial charge in [-0.2, -0.15) is 13.2 Å². The number of hydrogen-bond donors (Lipinski definition) is 1. The predicted molar refractivity (Wildman–Crippen MR) is 48.6 cm³/mol. The van der Waals surface area contributed by atoms with Gasteiger partial charge in [-0.05, 0) is 24.1 Å². The molecule has 1 unspecified atom stereocenters. The molecule has 2 N–H and O–H groups in total. The number of rotatable bonds is 3. The van der Waals surface area contributed by atoms with Crippen molar-refractivity contribution in [2.75, 3.05) is 0 Å². The fraction of sp³-hybridized carbons (Fsp3) is 0.400. The molecular weight excluding hydrogens is 210 g/mol. The van der Waals surface area contributed by atoms with Gasteiger partial charge in [-0.15, -0.1) is 0 Å². The highest BCUT2D eigenvalue weighted by atomic mass is 19.4. The Morgan fingerprint density at radius 2 is 1.93 bits per heavy atom. The third-order valence-corrected chi connectivity index (χ3v) is 2.02. The molecule has 0 aliphatic heterocycles. The van der Waals surface area contributed by atoms with Crippen LogP contribution in [0.2, 0.25) is 0 Å². The van der Waals surface area contributed by atoms with Crippen molar-refractivity contribution in [1.29, 1.82) is 0 Å². The number of benzene rings is 1. The molecule has 0 fully saturated rings. The topological polar surface area (TPSA) is 26.0 Å². The van der Waals surface area contributed by atoms with Crippen molar-refractivity contribution in [2.45, 2.75) is 25.1 Å². The van der Waals surface area contributed by atoms with Gasteiger partial charge in [0.25, 0.3) is 0 Å². The molecule has 0 spiro atoms. The summed E-state index contributed by atoms with van der Waals surface area (Å²) in [7, 11) is 0. The van der Waals surface area contributed by atoms with E-state index < -0.39 is 24.5 Å². The van der Waals surface area contributed by atoms with Crippen LogP contribution in [-0.4, -0.2) is 6.18 Å². The van der Waals surface area contributed by atoms with E-state index in [-0.39, 0.29) is 6.42 Å². The SMILES string of the molecule is NC(CCC(F)(F)F)c1cccc(F)c1. The number of alkyl halides is 3. The highest BCUT2D eigenvalue weighted by Crippen LogP contribution is 2.26. The molecular formula is C10H11F4N. The van der Waals surface area contributed by atoms with E-state index in [2.05, 4.69) is 0 Å². The summed E-state index contributed by atoms with van der Waals surface area (Å²) in [5.41, 5.74) is 5.89. The lowest BCUT2D eigenvalue weighted by molar-refractivity contribution is -0.136. The zero-order valence-electron chi connectivity index (χ0n) is 7.89. The van der Waals surface area contributed by atoms with Gasteiger partial charge in [0.15, 0.2) is 0 Å². The van der Waals surface area contributed by atoms with E-state index in [9.17, 15) is 17.6 Å². The van der Waals surface area contributed by atoms with Crippen molar-refractivity contribution in [3.8, 4) is 0 Å². The standard InChI is InChI=1S/C10H11F4N/c11-8-3-1-2-7(6-8)9(15)4-5-10(12,13)14/h1-3,6,9H,4-5,15H2. The lowest BCUT2D eigenvalue weighted by Crippen LogP contribution is -2.15. The Morgan fingerprint density at radius 3 is 2.47 bits per heavy atom. The maximum Gasteiger partial charge on any atom is 0.389 e. The zero-order valence-corrected chi connectivity index (χ0v) is 7.89. The van der Waals surface area contributed by atoms with Crippen molar-refractivity contribution in [2.24, 2.45) is 5.73 Å². The van der Waals surface area contributed by atoms with Gasteiger partial charge in [0.1, 0.15) is 5.82 Å². The summed E-state index contributed by atoms with van der Waals surface area (Å²) in [6, 6.07) is 4.55. The molecule has 1 aromatic rings. The van der Waals surface area contributed by atoms with Crippen LogP contribution < -0.4 is 5.73 Å². The maximum absolute atomic E-state index is 12.7. The Labute approximate surface area is 84.9 Å². The van der Waals surface area contributed by atoms with Crippen LogP contribution in [-0.2, 0) is 0 Å². The van der Waals surface area contributed by atoms with Gasteiger partial charge in [-0.3, -0.25) is 0 Å². The van der Waals surface area contributed by atoms with Crippen molar-refractivity contribution in [3.05, 3.63) is 35.6 Å². The average Bonchev–Trinajstić information content (AvgIpc) is 2.13. The minimum Gasteiger partial charge on any atom is -0.324 e. The van der Waals surface area contributed by atoms with E-state index in [1.165, 1.54) is 18.2 Å². The third kappa shape index (κ3) is 4.29. The fourth-order valence-corrected chi connectivity index (χ4v) is 1.22. The van der Waals surface area contributed by atoms with Crippen LogP contribution >= 0.6 is 0 Å². The van der Waals surface area contributed by atoms with Crippen LogP contribution in [0.3, 0.4) is 0 Å². The average molecular weight is 221 g/mol. The molecule has 0 radical (unpaired) electrons. The Hall–Kier alpha value is -1.10. The van der Waals surface area contributed by atoms with E-state index in [1.54, 1.807) is 0 Å². The summed E-state index contributed by atoms with van der Waals surface area (Å²) in [4.78, 5) is 0. The normalized spacial score (nSPS) is 13.9. The first-order valence-electron chi connectivity index (χ1n) is 4.46. The summed E-state index contributed by atoms with van der Waals surface area (Å²) in [6.07, 6.45) is -5.40. The van der Waals surface area contributed by atoms with Crippen LogP contribution in [0, 0.1) is 5.82 Å². The smallest absolute Gasteiger partial charge is 0.324 e. The van der Waals surface area contributed by atoms with Crippen molar-refractivity contribution in [1.82, 2.24) is 0 Å². The van der Waals surface area contributed by atoms with Crippen LogP contribution in [0.5, 0.6) is 0 Å². The maximum atomic E-state index is 12.7. The first-order valence-corrected chi connectivity index (χ1v) is 4.46. The summed E-state index contributed by atoms with van der Waals surface area (Å²) in [6.45, 7) is 0. The van der Waals surface area contributed by atoms with Gasteiger partial charge in [0, 0.05) is 12.5 Å². The molecule has 84 valence electrons. The molecule has 0 saturated carbocycles. The van der Waals surface area contributed by atoms with Gasteiger partial charge < -0.3 is 5.73 Å². The van der Waals surface area contributed by atoms with Crippen molar-refractivity contribution in [3.63, 3.8) is 0 Å². The molecule has 0 bridgehead atoms. The molecule has 1 nitrogen and oxygen atoms in total. The van der Waals surface area contributed by atoms with Gasteiger partial charge in [0.2, 0.25) is 0 Å². The molecule has 0 saturated heterocycles. The van der Waals surface area contributed by atoms with E-state index in [1.807, 2.05) is 0 Å². The molecule has 0 aliphatic rings. The quantitative estimate of drug-likeness (QED) is 0.779. The van der Waals surface area contributed by atoms with Crippen molar-refractivity contribution >= 4 is 0 Å². The second kappa shape index (κ2) is 4.61. The summed E-state index contributed by atoms with van der Waals surface area (Å²) >= 11 is 0. The molecule has 1 rings (SSSR count). The van der Waals surface area contributed by atoms with Gasteiger partial charge in [-0.25, -0.2) is 4.39 Å². The predicted octanol–water partition coefficient (Wildman–Crippen LogP) is 3.17. The Kier molecular flexibility index (Phi) is 3.68. The lowest BCUT2D eigenvalue weighted by atomic mass is 10.0. The monoisotopic (exact) mass is 221 g/mol.